The Morgan fingerprint density at radius 1 is 1.40 bits per heavy atom. The van der Waals surface area contributed by atoms with E-state index in [-0.39, 0.29) is 4.05 Å². The van der Waals surface area contributed by atoms with Gasteiger partial charge in [0.25, 0.3) is 5.97 Å². The lowest BCUT2D eigenvalue weighted by Crippen LogP contribution is -2.22. The van der Waals surface area contributed by atoms with Crippen LogP contribution in [0.5, 0.6) is 0 Å². The van der Waals surface area contributed by atoms with Gasteiger partial charge in [0, 0.05) is 0 Å². The van der Waals surface area contributed by atoms with Crippen molar-refractivity contribution in [2.45, 2.75) is 11.0 Å². The van der Waals surface area contributed by atoms with Crippen LogP contribution in [0.4, 0.5) is 0 Å². The summed E-state index contributed by atoms with van der Waals surface area (Å²) in [6.45, 7) is 1.78. The number of rotatable bonds is 3. The van der Waals surface area contributed by atoms with Crippen LogP contribution < -0.4 is 3.69 Å². The zero-order chi connectivity index (χ0) is 11.7. The molecule has 0 aliphatic heterocycles. The summed E-state index contributed by atoms with van der Waals surface area (Å²) in [7, 11) is -0.833. The number of hydrogen-bond donors (Lipinski definition) is 2. The van der Waals surface area contributed by atoms with Crippen molar-refractivity contribution in [1.82, 2.24) is 0 Å². The first-order chi connectivity index (χ1) is 7.11. The standard InChI is InChI=1S/C6H5.C3H5O2.Mg.HO2P/c1-2-4-6-5-3-1;1-2-3(4)5;;1-3-2/h1-5H;2H,1H3,(H,4,5);;(H,1,2). The molecule has 0 aliphatic carbocycles. The molecule has 78 valence electrons. The Hall–Kier alpha value is -0.484. The van der Waals surface area contributed by atoms with Crippen molar-refractivity contribution in [2.24, 2.45) is 0 Å². The number of carbonyl (C=O) groups is 1. The molecular formula is C9H11MgO4P. The van der Waals surface area contributed by atoms with E-state index >= 15 is 0 Å². The zero-order valence-electron chi connectivity index (χ0n) is 8.33. The van der Waals surface area contributed by atoms with Crippen LogP contribution >= 0.6 is 8.69 Å². The molecule has 0 radical (unpaired) electrons. The summed E-state index contributed by atoms with van der Waals surface area (Å²) in [5, 5.41) is 8.68. The van der Waals surface area contributed by atoms with Crippen molar-refractivity contribution in [2.75, 3.05) is 0 Å². The van der Waals surface area contributed by atoms with Crippen LogP contribution in [0, 0.1) is 0 Å². The Morgan fingerprint density at radius 3 is 2.27 bits per heavy atom. The number of aliphatic carboxylic acids is 1. The van der Waals surface area contributed by atoms with E-state index < -0.39 is 35.0 Å². The first-order valence-electron chi connectivity index (χ1n) is 4.35. The Balaban J connectivity index is 0.000000583. The Labute approximate surface area is 99.3 Å². The Kier molecular flexibility index (Phi) is 8.51. The minimum absolute atomic E-state index is 0.160. The smallest absolute Gasteiger partial charge is 0.429 e. The van der Waals surface area contributed by atoms with Gasteiger partial charge in [0.2, 0.25) is 0 Å². The largest absolute Gasteiger partial charge is 0.483 e. The summed E-state index contributed by atoms with van der Waals surface area (Å²) in [6, 6.07) is 9.87. The van der Waals surface area contributed by atoms with Gasteiger partial charge in [-0.05, 0) is 4.05 Å². The fourth-order valence-electron chi connectivity index (χ4n) is 1.05. The quantitative estimate of drug-likeness (QED) is 0.611. The molecule has 0 amide bonds. The van der Waals surface area contributed by atoms with E-state index in [1.807, 2.05) is 30.3 Å². The van der Waals surface area contributed by atoms with Gasteiger partial charge >= 0.3 is 29.1 Å². The van der Waals surface area contributed by atoms with E-state index in [0.717, 1.165) is 0 Å². The summed E-state index contributed by atoms with van der Waals surface area (Å²) >= 11 is -0.634. The molecule has 2 N–H and O–H groups in total. The first-order valence-corrected chi connectivity index (χ1v) is 6.64. The van der Waals surface area contributed by atoms with Crippen LogP contribution in [-0.2, 0) is 9.36 Å². The van der Waals surface area contributed by atoms with Gasteiger partial charge in [-0.1, -0.05) is 37.3 Å². The molecule has 0 bridgehead atoms. The summed E-state index contributed by atoms with van der Waals surface area (Å²) in [4.78, 5) is 17.5. The molecule has 0 aromatic heterocycles. The van der Waals surface area contributed by atoms with Crippen LogP contribution in [0.25, 0.3) is 0 Å². The highest BCUT2D eigenvalue weighted by atomic mass is 31.1. The van der Waals surface area contributed by atoms with Crippen molar-refractivity contribution in [3.63, 3.8) is 0 Å². The zero-order valence-corrected chi connectivity index (χ0v) is 10.6. The maximum Gasteiger partial charge on any atom is 0.429 e. The second-order valence-corrected chi connectivity index (χ2v) is 5.62. The van der Waals surface area contributed by atoms with Gasteiger partial charge in [-0.3, -0.25) is 4.79 Å². The molecule has 4 nitrogen and oxygen atoms in total. The average molecular weight is 238 g/mol. The Bertz CT molecular complexity index is 304. The van der Waals surface area contributed by atoms with E-state index in [1.54, 1.807) is 6.92 Å². The van der Waals surface area contributed by atoms with Crippen LogP contribution in [0.3, 0.4) is 0 Å². The third kappa shape index (κ3) is 7.45. The molecule has 1 aromatic rings. The molecule has 1 unspecified atom stereocenters. The topological polar surface area (TPSA) is 74.6 Å². The van der Waals surface area contributed by atoms with Crippen LogP contribution in [0.2, 0.25) is 4.05 Å². The fraction of sp³-hybridized carbons (Fsp3) is 0.222. The van der Waals surface area contributed by atoms with Crippen molar-refractivity contribution in [1.29, 1.82) is 0 Å². The van der Waals surface area contributed by atoms with Crippen molar-refractivity contribution in [3.05, 3.63) is 30.3 Å². The second kappa shape index (κ2) is 8.79. The normalized spacial score (nSPS) is 10.8. The van der Waals surface area contributed by atoms with E-state index in [0.29, 0.717) is 0 Å². The molecule has 1 aromatic carbocycles. The van der Waals surface area contributed by atoms with Crippen molar-refractivity contribution < 1.29 is 19.4 Å². The first kappa shape index (κ1) is 14.5. The highest BCUT2D eigenvalue weighted by molar-refractivity contribution is 7.16. The van der Waals surface area contributed by atoms with Crippen LogP contribution in [0.1, 0.15) is 6.92 Å². The van der Waals surface area contributed by atoms with Gasteiger partial charge < -0.3 is 10.00 Å². The number of carboxylic acid groups (broad SMARTS) is 1. The number of carboxylic acids is 1. The fourth-order valence-corrected chi connectivity index (χ4v) is 2.48. The minimum Gasteiger partial charge on any atom is -0.483 e. The molecular weight excluding hydrogens is 227 g/mol. The minimum atomic E-state index is -0.833. The second-order valence-electron chi connectivity index (χ2n) is 3.01. The third-order valence-corrected chi connectivity index (χ3v) is 3.71. The van der Waals surface area contributed by atoms with Crippen LogP contribution in [0.15, 0.2) is 30.3 Å². The molecule has 15 heavy (non-hydrogen) atoms. The Morgan fingerprint density at radius 2 is 1.87 bits per heavy atom. The molecule has 0 spiro atoms. The molecule has 0 saturated carbocycles. The summed E-state index contributed by atoms with van der Waals surface area (Å²) in [5.41, 5.74) is 0. The molecule has 6 heteroatoms. The van der Waals surface area contributed by atoms with Gasteiger partial charge in [-0.2, -0.15) is 3.69 Å². The van der Waals surface area contributed by atoms with Gasteiger partial charge in [0.1, 0.15) is 0 Å². The number of benzene rings is 1. The SMILES string of the molecule is C[CH]([Mg][c]1ccccc1)C(=O)O.O=PO. The van der Waals surface area contributed by atoms with E-state index in [9.17, 15) is 4.79 Å². The number of hydrogen-bond acceptors (Lipinski definition) is 2. The molecule has 0 heterocycles. The van der Waals surface area contributed by atoms with Crippen molar-refractivity contribution >= 4 is 38.7 Å². The predicted molar refractivity (Wildman–Crippen MR) is 58.7 cm³/mol. The monoisotopic (exact) mass is 238 g/mol. The van der Waals surface area contributed by atoms with E-state index in [1.165, 1.54) is 3.69 Å². The molecule has 0 aliphatic rings. The van der Waals surface area contributed by atoms with Gasteiger partial charge in [0.15, 0.2) is 0 Å². The maximum atomic E-state index is 10.5. The molecule has 1 rings (SSSR count). The molecule has 0 fully saturated rings. The highest BCUT2D eigenvalue weighted by Crippen LogP contribution is 1.99. The highest BCUT2D eigenvalue weighted by Gasteiger charge is 2.14. The molecule has 0 saturated heterocycles. The lowest BCUT2D eigenvalue weighted by Gasteiger charge is -2.02. The lowest BCUT2D eigenvalue weighted by molar-refractivity contribution is -0.136. The lowest BCUT2D eigenvalue weighted by atomic mass is 10.4. The summed E-state index contributed by atoms with van der Waals surface area (Å²) in [6.07, 6.45) is 0. The summed E-state index contributed by atoms with van der Waals surface area (Å²) in [5.74, 6) is -0.675. The van der Waals surface area contributed by atoms with E-state index in [2.05, 4.69) is 0 Å². The van der Waals surface area contributed by atoms with E-state index in [4.69, 9.17) is 14.6 Å². The van der Waals surface area contributed by atoms with Gasteiger partial charge in [-0.15, -0.1) is 0 Å². The average Bonchev–Trinajstić information content (AvgIpc) is 2.20. The van der Waals surface area contributed by atoms with Gasteiger partial charge in [0.05, 0.1) is 0 Å². The maximum absolute atomic E-state index is 10.5. The van der Waals surface area contributed by atoms with Gasteiger partial charge in [-0.25, -0.2) is 4.57 Å². The predicted octanol–water partition coefficient (Wildman–Crippen LogP) is 1.09. The van der Waals surface area contributed by atoms with Crippen LogP contribution in [-0.4, -0.2) is 36.3 Å². The van der Waals surface area contributed by atoms with Crippen molar-refractivity contribution in [3.8, 4) is 0 Å². The summed E-state index contributed by atoms with van der Waals surface area (Å²) < 4.78 is 9.51. The third-order valence-electron chi connectivity index (χ3n) is 1.81. The molecule has 1 atom stereocenters.